The minimum absolute atomic E-state index is 0.0289. The zero-order valence-electron chi connectivity index (χ0n) is 17.5. The number of para-hydroxylation sites is 1. The van der Waals surface area contributed by atoms with E-state index in [-0.39, 0.29) is 30.0 Å². The van der Waals surface area contributed by atoms with Gasteiger partial charge in [-0.25, -0.2) is 0 Å². The Morgan fingerprint density at radius 3 is 2.68 bits per heavy atom. The van der Waals surface area contributed by atoms with Crippen molar-refractivity contribution in [3.05, 3.63) is 78.3 Å². The van der Waals surface area contributed by atoms with Crippen LogP contribution in [0.4, 0.5) is 11.4 Å². The molecule has 1 aliphatic rings. The number of fused-ring (bicyclic) bond motifs is 1. The molecule has 6 heteroatoms. The number of hydrogen-bond acceptors (Lipinski definition) is 4. The topological polar surface area (TPSA) is 62.6 Å². The van der Waals surface area contributed by atoms with Crippen LogP contribution in [0.25, 0.3) is 0 Å². The Balaban J connectivity index is 1.48. The normalized spacial score (nSPS) is 16.0. The van der Waals surface area contributed by atoms with Crippen LogP contribution >= 0.6 is 11.8 Å². The zero-order valence-corrected chi connectivity index (χ0v) is 18.4. The van der Waals surface area contributed by atoms with Crippen LogP contribution in [0.2, 0.25) is 0 Å². The molecule has 31 heavy (non-hydrogen) atoms. The van der Waals surface area contributed by atoms with Gasteiger partial charge in [-0.15, -0.1) is 11.8 Å². The van der Waals surface area contributed by atoms with E-state index in [2.05, 4.69) is 12.2 Å². The molecule has 160 valence electrons. The van der Waals surface area contributed by atoms with Gasteiger partial charge in [0.15, 0.2) is 0 Å². The van der Waals surface area contributed by atoms with E-state index in [0.29, 0.717) is 0 Å². The number of nitrogens with zero attached hydrogens (tertiary/aromatic N) is 1. The molecule has 1 aliphatic heterocycles. The smallest absolute Gasteiger partial charge is 0.244 e. The van der Waals surface area contributed by atoms with Gasteiger partial charge < -0.3 is 14.6 Å². The molecule has 4 rings (SSSR count). The molecule has 0 saturated heterocycles. The summed E-state index contributed by atoms with van der Waals surface area (Å²) < 4.78 is 5.55. The van der Waals surface area contributed by atoms with Gasteiger partial charge in [0.1, 0.15) is 12.3 Å². The second kappa shape index (κ2) is 9.88. The molecule has 2 heterocycles. The van der Waals surface area contributed by atoms with Gasteiger partial charge >= 0.3 is 0 Å². The maximum atomic E-state index is 13.1. The number of benzene rings is 2. The first kappa shape index (κ1) is 21.2. The van der Waals surface area contributed by atoms with E-state index >= 15 is 0 Å². The molecule has 1 unspecified atom stereocenters. The van der Waals surface area contributed by atoms with Crippen molar-refractivity contribution in [3.8, 4) is 0 Å². The fraction of sp³-hybridized carbons (Fsp3) is 0.280. The van der Waals surface area contributed by atoms with Crippen molar-refractivity contribution in [2.75, 3.05) is 16.8 Å². The van der Waals surface area contributed by atoms with Crippen LogP contribution < -0.4 is 10.2 Å². The summed E-state index contributed by atoms with van der Waals surface area (Å²) in [6.07, 6.45) is 5.24. The first-order valence-electron chi connectivity index (χ1n) is 10.6. The fourth-order valence-corrected chi connectivity index (χ4v) is 4.90. The van der Waals surface area contributed by atoms with Gasteiger partial charge in [0, 0.05) is 17.0 Å². The number of aryl methyl sites for hydroxylation is 1. The lowest BCUT2D eigenvalue weighted by atomic mass is 10.1. The maximum absolute atomic E-state index is 13.1. The van der Waals surface area contributed by atoms with Crippen molar-refractivity contribution in [1.82, 2.24) is 0 Å². The molecule has 1 atom stereocenters. The third-order valence-corrected chi connectivity index (χ3v) is 6.59. The molecule has 0 radical (unpaired) electrons. The van der Waals surface area contributed by atoms with Gasteiger partial charge in [0.05, 0.1) is 17.2 Å². The summed E-state index contributed by atoms with van der Waals surface area (Å²) in [6, 6.07) is 19.3. The lowest BCUT2D eigenvalue weighted by Gasteiger charge is -2.22. The van der Waals surface area contributed by atoms with Gasteiger partial charge in [-0.1, -0.05) is 37.6 Å². The Kier molecular flexibility index (Phi) is 6.77. The quantitative estimate of drug-likeness (QED) is 0.508. The number of anilines is 2. The van der Waals surface area contributed by atoms with E-state index in [1.165, 1.54) is 5.56 Å². The molecule has 2 aromatic carbocycles. The zero-order chi connectivity index (χ0) is 21.6. The first-order valence-corrected chi connectivity index (χ1v) is 11.5. The van der Waals surface area contributed by atoms with Gasteiger partial charge in [-0.2, -0.15) is 0 Å². The minimum atomic E-state index is -0.217. The maximum Gasteiger partial charge on any atom is 0.244 e. The number of amides is 2. The van der Waals surface area contributed by atoms with Crippen LogP contribution in [0.1, 0.15) is 42.8 Å². The molecule has 1 N–H and O–H groups in total. The Morgan fingerprint density at radius 1 is 1.13 bits per heavy atom. The van der Waals surface area contributed by atoms with Crippen molar-refractivity contribution >= 4 is 35.0 Å². The van der Waals surface area contributed by atoms with Gasteiger partial charge in [0.2, 0.25) is 11.8 Å². The highest BCUT2D eigenvalue weighted by Crippen LogP contribution is 2.45. The van der Waals surface area contributed by atoms with Crippen molar-refractivity contribution in [3.63, 3.8) is 0 Å². The van der Waals surface area contributed by atoms with Crippen LogP contribution in [-0.4, -0.2) is 18.4 Å². The van der Waals surface area contributed by atoms with E-state index in [9.17, 15) is 9.59 Å². The molecule has 1 aromatic heterocycles. The number of unbranched alkanes of at least 4 members (excludes halogenated alkanes) is 1. The fourth-order valence-electron chi connectivity index (χ4n) is 3.66. The molecule has 0 fully saturated rings. The lowest BCUT2D eigenvalue weighted by molar-refractivity contribution is -0.121. The van der Waals surface area contributed by atoms with Crippen LogP contribution in [0.3, 0.4) is 0 Å². The SMILES string of the molecule is CCCCc1ccc(NC(=O)CN2C(=O)CC(c3ccco3)Sc3ccccc32)cc1. The molecule has 0 spiro atoms. The predicted molar refractivity (Wildman–Crippen MR) is 124 cm³/mol. The molecule has 0 bridgehead atoms. The van der Waals surface area contributed by atoms with Gasteiger partial charge in [-0.05, 0) is 54.8 Å². The first-order chi connectivity index (χ1) is 15.1. The average molecular weight is 435 g/mol. The summed E-state index contributed by atoms with van der Waals surface area (Å²) in [5.41, 5.74) is 2.76. The van der Waals surface area contributed by atoms with E-state index < -0.39 is 0 Å². The predicted octanol–water partition coefficient (Wildman–Crippen LogP) is 5.83. The van der Waals surface area contributed by atoms with Crippen molar-refractivity contribution in [2.24, 2.45) is 0 Å². The number of carbonyl (C=O) groups excluding carboxylic acids is 2. The number of carbonyl (C=O) groups is 2. The molecule has 0 aliphatic carbocycles. The summed E-state index contributed by atoms with van der Waals surface area (Å²) in [7, 11) is 0. The van der Waals surface area contributed by atoms with E-state index in [4.69, 9.17) is 4.42 Å². The van der Waals surface area contributed by atoms with Crippen molar-refractivity contribution < 1.29 is 14.0 Å². The lowest BCUT2D eigenvalue weighted by Crippen LogP contribution is -2.38. The Bertz CT molecular complexity index is 1030. The van der Waals surface area contributed by atoms with Crippen LogP contribution in [-0.2, 0) is 16.0 Å². The Labute approximate surface area is 186 Å². The molecular formula is C25H26N2O3S. The van der Waals surface area contributed by atoms with Gasteiger partial charge in [0.25, 0.3) is 0 Å². The van der Waals surface area contributed by atoms with E-state index in [0.717, 1.165) is 41.3 Å². The van der Waals surface area contributed by atoms with Crippen LogP contribution in [0, 0.1) is 0 Å². The third-order valence-electron chi connectivity index (χ3n) is 5.31. The number of rotatable bonds is 7. The second-order valence-electron chi connectivity index (χ2n) is 7.62. The highest BCUT2D eigenvalue weighted by atomic mass is 32.2. The Hall–Kier alpha value is -2.99. The number of nitrogens with one attached hydrogen (secondary N) is 1. The second-order valence-corrected chi connectivity index (χ2v) is 8.87. The van der Waals surface area contributed by atoms with Crippen molar-refractivity contribution in [2.45, 2.75) is 42.8 Å². The van der Waals surface area contributed by atoms with Gasteiger partial charge in [-0.3, -0.25) is 9.59 Å². The monoisotopic (exact) mass is 434 g/mol. The van der Waals surface area contributed by atoms with Crippen LogP contribution in [0.5, 0.6) is 0 Å². The van der Waals surface area contributed by atoms with E-state index in [1.54, 1.807) is 22.9 Å². The summed E-state index contributed by atoms with van der Waals surface area (Å²) >= 11 is 1.59. The molecule has 0 saturated carbocycles. The summed E-state index contributed by atoms with van der Waals surface area (Å²) in [4.78, 5) is 28.4. The summed E-state index contributed by atoms with van der Waals surface area (Å²) in [5, 5.41) is 2.81. The summed E-state index contributed by atoms with van der Waals surface area (Å²) in [6.45, 7) is 2.14. The average Bonchev–Trinajstić information content (AvgIpc) is 3.28. The Morgan fingerprint density at radius 2 is 1.94 bits per heavy atom. The summed E-state index contributed by atoms with van der Waals surface area (Å²) in [5.74, 6) is 0.456. The minimum Gasteiger partial charge on any atom is -0.468 e. The number of thioether (sulfide) groups is 1. The number of furan rings is 1. The highest BCUT2D eigenvalue weighted by molar-refractivity contribution is 7.99. The number of hydrogen-bond donors (Lipinski definition) is 1. The molecular weight excluding hydrogens is 408 g/mol. The molecule has 2 amide bonds. The largest absolute Gasteiger partial charge is 0.468 e. The molecule has 3 aromatic rings. The molecule has 5 nitrogen and oxygen atoms in total. The van der Waals surface area contributed by atoms with Crippen LogP contribution in [0.15, 0.2) is 76.2 Å². The highest BCUT2D eigenvalue weighted by Gasteiger charge is 2.31. The van der Waals surface area contributed by atoms with E-state index in [1.807, 2.05) is 60.7 Å². The standard InChI is InChI=1S/C25H26N2O3S/c1-2-3-7-18-11-13-19(14-12-18)26-24(28)17-27-20-8-4-5-10-22(20)31-23(16-25(27)29)21-9-6-15-30-21/h4-6,8-15,23H,2-3,7,16-17H2,1H3,(H,26,28). The van der Waals surface area contributed by atoms with Crippen molar-refractivity contribution in [1.29, 1.82) is 0 Å². The third kappa shape index (κ3) is 5.20.